The minimum atomic E-state index is 0.408. The van der Waals surface area contributed by atoms with E-state index in [1.807, 2.05) is 12.3 Å². The minimum absolute atomic E-state index is 0.408. The molecular formula is C13H17ClN2O. The van der Waals surface area contributed by atoms with Gasteiger partial charge in [-0.05, 0) is 37.0 Å². The van der Waals surface area contributed by atoms with Crippen LogP contribution < -0.4 is 4.90 Å². The molecular weight excluding hydrogens is 236 g/mol. The van der Waals surface area contributed by atoms with Gasteiger partial charge >= 0.3 is 0 Å². The molecule has 2 atom stereocenters. The lowest BCUT2D eigenvalue weighted by molar-refractivity contribution is 0.0253. The molecule has 0 N–H and O–H groups in total. The standard InChI is InChI=1S/C13H17ClN2O/c14-9-10-4-5-15-13(8-10)16-6-7-17-12-3-1-2-11(12)16/h4-5,8,11-12H,1-3,6-7,9H2. The Labute approximate surface area is 107 Å². The number of halogens is 1. The van der Waals surface area contributed by atoms with Gasteiger partial charge in [0.15, 0.2) is 0 Å². The average Bonchev–Trinajstić information content (AvgIpc) is 2.87. The summed E-state index contributed by atoms with van der Waals surface area (Å²) in [6.45, 7) is 1.76. The van der Waals surface area contributed by atoms with Gasteiger partial charge in [0, 0.05) is 18.6 Å². The summed E-state index contributed by atoms with van der Waals surface area (Å²) in [7, 11) is 0. The summed E-state index contributed by atoms with van der Waals surface area (Å²) in [6, 6.07) is 4.60. The molecule has 0 aromatic carbocycles. The Morgan fingerprint density at radius 1 is 1.47 bits per heavy atom. The molecule has 1 aromatic rings. The van der Waals surface area contributed by atoms with E-state index in [4.69, 9.17) is 16.3 Å². The molecule has 1 saturated carbocycles. The third-order valence-electron chi connectivity index (χ3n) is 3.74. The highest BCUT2D eigenvalue weighted by atomic mass is 35.5. The number of hydrogen-bond acceptors (Lipinski definition) is 3. The van der Waals surface area contributed by atoms with Gasteiger partial charge in [-0.2, -0.15) is 0 Å². The van der Waals surface area contributed by atoms with Gasteiger partial charge < -0.3 is 9.64 Å². The fourth-order valence-corrected chi connectivity index (χ4v) is 3.08. The van der Waals surface area contributed by atoms with Gasteiger partial charge in [0.1, 0.15) is 5.82 Å². The normalized spacial score (nSPS) is 28.2. The third-order valence-corrected chi connectivity index (χ3v) is 4.05. The van der Waals surface area contributed by atoms with E-state index in [-0.39, 0.29) is 0 Å². The lowest BCUT2D eigenvalue weighted by Crippen LogP contribution is -2.49. The molecule has 1 aliphatic carbocycles. The van der Waals surface area contributed by atoms with Crippen molar-refractivity contribution in [3.05, 3.63) is 23.9 Å². The van der Waals surface area contributed by atoms with E-state index >= 15 is 0 Å². The molecule has 0 radical (unpaired) electrons. The predicted molar refractivity (Wildman–Crippen MR) is 68.5 cm³/mol. The maximum absolute atomic E-state index is 5.88. The van der Waals surface area contributed by atoms with Crippen molar-refractivity contribution in [2.45, 2.75) is 37.3 Å². The number of pyridine rings is 1. The van der Waals surface area contributed by atoms with Gasteiger partial charge in [-0.25, -0.2) is 4.98 Å². The first-order valence-electron chi connectivity index (χ1n) is 6.27. The highest BCUT2D eigenvalue weighted by molar-refractivity contribution is 6.17. The van der Waals surface area contributed by atoms with E-state index in [2.05, 4.69) is 16.0 Å². The van der Waals surface area contributed by atoms with Crippen LogP contribution in [-0.2, 0) is 10.6 Å². The second kappa shape index (κ2) is 4.83. The Balaban J connectivity index is 1.86. The predicted octanol–water partition coefficient (Wildman–Crippen LogP) is 2.58. The molecule has 92 valence electrons. The van der Waals surface area contributed by atoms with Crippen LogP contribution in [0.5, 0.6) is 0 Å². The van der Waals surface area contributed by atoms with Gasteiger partial charge in [-0.3, -0.25) is 0 Å². The van der Waals surface area contributed by atoms with Gasteiger partial charge in [0.05, 0.1) is 18.8 Å². The molecule has 17 heavy (non-hydrogen) atoms. The van der Waals surface area contributed by atoms with E-state index in [9.17, 15) is 0 Å². The van der Waals surface area contributed by atoms with E-state index in [0.717, 1.165) is 24.5 Å². The molecule has 1 aromatic heterocycles. The van der Waals surface area contributed by atoms with Crippen LogP contribution in [0.2, 0.25) is 0 Å². The van der Waals surface area contributed by atoms with Crippen LogP contribution in [0.1, 0.15) is 24.8 Å². The number of nitrogens with zero attached hydrogens (tertiary/aromatic N) is 2. The summed E-state index contributed by atoms with van der Waals surface area (Å²) >= 11 is 5.88. The smallest absolute Gasteiger partial charge is 0.129 e. The molecule has 0 amide bonds. The number of fused-ring (bicyclic) bond motifs is 1. The van der Waals surface area contributed by atoms with Crippen LogP contribution in [0.25, 0.3) is 0 Å². The lowest BCUT2D eigenvalue weighted by atomic mass is 10.1. The van der Waals surface area contributed by atoms with Crippen LogP contribution in [0, 0.1) is 0 Å². The van der Waals surface area contributed by atoms with E-state index in [1.54, 1.807) is 0 Å². The number of aromatic nitrogens is 1. The third kappa shape index (κ3) is 2.14. The fraction of sp³-hybridized carbons (Fsp3) is 0.615. The second-order valence-electron chi connectivity index (χ2n) is 4.76. The van der Waals surface area contributed by atoms with E-state index < -0.39 is 0 Å². The number of hydrogen-bond donors (Lipinski definition) is 0. The molecule has 2 fully saturated rings. The number of ether oxygens (including phenoxy) is 1. The SMILES string of the molecule is ClCc1ccnc(N2CCOC3CCCC32)c1. The summed E-state index contributed by atoms with van der Waals surface area (Å²) in [5, 5.41) is 0. The van der Waals surface area contributed by atoms with Crippen molar-refractivity contribution in [1.82, 2.24) is 4.98 Å². The quantitative estimate of drug-likeness (QED) is 0.757. The number of rotatable bonds is 2. The Hall–Kier alpha value is -0.800. The molecule has 1 aliphatic heterocycles. The molecule has 1 saturated heterocycles. The zero-order valence-electron chi connectivity index (χ0n) is 9.81. The maximum atomic E-state index is 5.88. The summed E-state index contributed by atoms with van der Waals surface area (Å²) in [5.74, 6) is 1.61. The zero-order chi connectivity index (χ0) is 11.7. The minimum Gasteiger partial charge on any atom is -0.374 e. The van der Waals surface area contributed by atoms with Crippen LogP contribution in [0.15, 0.2) is 18.3 Å². The topological polar surface area (TPSA) is 25.4 Å². The monoisotopic (exact) mass is 252 g/mol. The second-order valence-corrected chi connectivity index (χ2v) is 5.02. The number of morpholine rings is 1. The molecule has 3 rings (SSSR count). The largest absolute Gasteiger partial charge is 0.374 e. The Morgan fingerprint density at radius 2 is 2.41 bits per heavy atom. The van der Waals surface area contributed by atoms with Crippen LogP contribution >= 0.6 is 11.6 Å². The van der Waals surface area contributed by atoms with Crippen molar-refractivity contribution in [3.63, 3.8) is 0 Å². The first-order chi connectivity index (χ1) is 8.38. The first kappa shape index (κ1) is 11.3. The van der Waals surface area contributed by atoms with Crippen molar-refractivity contribution in [2.24, 2.45) is 0 Å². The Morgan fingerprint density at radius 3 is 3.29 bits per heavy atom. The van der Waals surface area contributed by atoms with E-state index in [1.165, 1.54) is 19.3 Å². The zero-order valence-corrected chi connectivity index (χ0v) is 10.6. The van der Waals surface area contributed by atoms with Crippen molar-refractivity contribution >= 4 is 17.4 Å². The van der Waals surface area contributed by atoms with Gasteiger partial charge in [0.25, 0.3) is 0 Å². The van der Waals surface area contributed by atoms with Crippen LogP contribution in [0.4, 0.5) is 5.82 Å². The van der Waals surface area contributed by atoms with Gasteiger partial charge in [-0.15, -0.1) is 11.6 Å². The Bertz CT molecular complexity index is 399. The molecule has 3 nitrogen and oxygen atoms in total. The number of alkyl halides is 1. The molecule has 0 spiro atoms. The summed E-state index contributed by atoms with van der Waals surface area (Å²) < 4.78 is 5.81. The Kier molecular flexibility index (Phi) is 3.21. The fourth-order valence-electron chi connectivity index (χ4n) is 2.91. The molecule has 2 heterocycles. The molecule has 4 heteroatoms. The van der Waals surface area contributed by atoms with Crippen molar-refractivity contribution in [2.75, 3.05) is 18.1 Å². The highest BCUT2D eigenvalue weighted by Crippen LogP contribution is 2.32. The molecule has 0 bridgehead atoms. The van der Waals surface area contributed by atoms with Crippen LogP contribution in [-0.4, -0.2) is 30.3 Å². The lowest BCUT2D eigenvalue weighted by Gasteiger charge is -2.38. The maximum Gasteiger partial charge on any atom is 0.129 e. The first-order valence-corrected chi connectivity index (χ1v) is 6.81. The summed E-state index contributed by atoms with van der Waals surface area (Å²) in [6.07, 6.45) is 5.94. The molecule has 2 aliphatic rings. The van der Waals surface area contributed by atoms with Crippen LogP contribution in [0.3, 0.4) is 0 Å². The summed E-state index contributed by atoms with van der Waals surface area (Å²) in [4.78, 5) is 6.88. The highest BCUT2D eigenvalue weighted by Gasteiger charge is 2.36. The van der Waals surface area contributed by atoms with Gasteiger partial charge in [-0.1, -0.05) is 0 Å². The molecule has 2 unspecified atom stereocenters. The van der Waals surface area contributed by atoms with Crippen molar-refractivity contribution < 1.29 is 4.74 Å². The van der Waals surface area contributed by atoms with Crippen molar-refractivity contribution in [1.29, 1.82) is 0 Å². The van der Waals surface area contributed by atoms with E-state index in [0.29, 0.717) is 18.0 Å². The van der Waals surface area contributed by atoms with Crippen molar-refractivity contribution in [3.8, 4) is 0 Å². The average molecular weight is 253 g/mol. The van der Waals surface area contributed by atoms with Gasteiger partial charge in [0.2, 0.25) is 0 Å². The summed E-state index contributed by atoms with van der Waals surface area (Å²) in [5.41, 5.74) is 1.14. The number of anilines is 1.